The highest BCUT2D eigenvalue weighted by atomic mass is 32.2. The molecule has 2 amide bonds. The van der Waals surface area contributed by atoms with Gasteiger partial charge in [-0.3, -0.25) is 19.4 Å². The Morgan fingerprint density at radius 1 is 0.700 bits per heavy atom. The van der Waals surface area contributed by atoms with Crippen molar-refractivity contribution in [3.8, 4) is 11.5 Å². The van der Waals surface area contributed by atoms with Crippen molar-refractivity contribution in [2.75, 3.05) is 78.8 Å². The summed E-state index contributed by atoms with van der Waals surface area (Å²) in [6.45, 7) is 8.69. The van der Waals surface area contributed by atoms with Crippen molar-refractivity contribution in [2.45, 2.75) is 22.6 Å². The van der Waals surface area contributed by atoms with Gasteiger partial charge < -0.3 is 24.8 Å². The Balaban J connectivity index is 1.27. The van der Waals surface area contributed by atoms with Crippen molar-refractivity contribution in [3.63, 3.8) is 0 Å². The number of amides is 2. The minimum absolute atomic E-state index is 0.00440. The highest BCUT2D eigenvalue weighted by Gasteiger charge is 2.38. The van der Waals surface area contributed by atoms with Gasteiger partial charge >= 0.3 is 0 Å². The Morgan fingerprint density at radius 3 is 1.55 bits per heavy atom. The molecule has 0 unspecified atom stereocenters. The summed E-state index contributed by atoms with van der Waals surface area (Å²) in [6.07, 6.45) is 1.45. The van der Waals surface area contributed by atoms with Crippen LogP contribution in [0.2, 0.25) is 0 Å². The Labute approximate surface area is 234 Å². The van der Waals surface area contributed by atoms with Crippen LogP contribution in [0.1, 0.15) is 33.6 Å². The second kappa shape index (κ2) is 13.1. The molecule has 0 aliphatic carbocycles. The van der Waals surface area contributed by atoms with E-state index in [9.17, 15) is 18.0 Å². The highest BCUT2D eigenvalue weighted by molar-refractivity contribution is 7.92. The third kappa shape index (κ3) is 6.47. The number of morpholine rings is 2. The van der Waals surface area contributed by atoms with Gasteiger partial charge in [0.2, 0.25) is 9.84 Å². The molecular weight excluding hydrogens is 536 g/mol. The number of fused-ring (bicyclic) bond motifs is 2. The van der Waals surface area contributed by atoms with Gasteiger partial charge in [-0.1, -0.05) is 12.1 Å². The number of carbonyl (C=O) groups excluding carboxylic acids is 2. The van der Waals surface area contributed by atoms with Crippen LogP contribution in [0.25, 0.3) is 0 Å². The van der Waals surface area contributed by atoms with Crippen LogP contribution < -0.4 is 15.4 Å². The third-order valence-electron chi connectivity index (χ3n) is 7.29. The monoisotopic (exact) mass is 572 g/mol. The molecular formula is C28H36N4O7S. The molecule has 0 saturated carbocycles. The van der Waals surface area contributed by atoms with E-state index in [1.165, 1.54) is 24.3 Å². The number of nitrogens with zero attached hydrogens (tertiary/aromatic N) is 2. The standard InChI is InChI=1S/C28H36N4O7S/c33-27(29-9-3-11-31-13-17-37-18-14-31)21-5-1-7-23-25(21)40(35,36)26-22(6-2-8-24(26)39-23)28(34)30-10-4-12-32-15-19-38-20-16-32/h1-2,5-8H,3-4,9-20H2,(H,29,33)(H,30,34). The SMILES string of the molecule is O=C(NCCCN1CCOCC1)c1cccc2c1S(=O)(=O)c1c(cccc1C(=O)NCCCN1CCOCC1)O2. The Morgan fingerprint density at radius 2 is 1.12 bits per heavy atom. The maximum atomic E-state index is 13.9. The van der Waals surface area contributed by atoms with E-state index in [2.05, 4.69) is 20.4 Å². The molecule has 12 heteroatoms. The number of hydrogen-bond acceptors (Lipinski definition) is 9. The van der Waals surface area contributed by atoms with E-state index in [0.29, 0.717) is 39.5 Å². The summed E-state index contributed by atoms with van der Waals surface area (Å²) in [5.41, 5.74) is -0.00881. The quantitative estimate of drug-likeness (QED) is 0.348. The van der Waals surface area contributed by atoms with Crippen molar-refractivity contribution < 1.29 is 32.2 Å². The summed E-state index contributed by atoms with van der Waals surface area (Å²) in [7, 11) is -4.24. The van der Waals surface area contributed by atoms with E-state index in [4.69, 9.17) is 14.2 Å². The topological polar surface area (TPSA) is 127 Å². The van der Waals surface area contributed by atoms with Crippen molar-refractivity contribution in [3.05, 3.63) is 47.5 Å². The van der Waals surface area contributed by atoms with Crippen LogP contribution in [-0.4, -0.2) is 109 Å². The zero-order valence-corrected chi connectivity index (χ0v) is 23.3. The second-order valence-corrected chi connectivity index (χ2v) is 11.8. The zero-order chi connectivity index (χ0) is 28.0. The van der Waals surface area contributed by atoms with Gasteiger partial charge in [-0.05, 0) is 50.2 Å². The van der Waals surface area contributed by atoms with E-state index in [1.807, 2.05) is 0 Å². The molecule has 3 aliphatic heterocycles. The molecule has 2 N–H and O–H groups in total. The van der Waals surface area contributed by atoms with Crippen LogP contribution in [0.4, 0.5) is 0 Å². The number of sulfone groups is 1. The largest absolute Gasteiger partial charge is 0.455 e. The van der Waals surface area contributed by atoms with Gasteiger partial charge in [-0.2, -0.15) is 0 Å². The van der Waals surface area contributed by atoms with Gasteiger partial charge in [0.1, 0.15) is 21.3 Å². The van der Waals surface area contributed by atoms with Gasteiger partial charge in [0, 0.05) is 39.3 Å². The minimum atomic E-state index is -4.24. The first-order chi connectivity index (χ1) is 19.4. The van der Waals surface area contributed by atoms with Crippen LogP contribution in [0.15, 0.2) is 46.2 Å². The van der Waals surface area contributed by atoms with Crippen molar-refractivity contribution >= 4 is 21.7 Å². The predicted octanol–water partition coefficient (Wildman–Crippen LogP) is 1.53. The van der Waals surface area contributed by atoms with Crippen LogP contribution in [0.3, 0.4) is 0 Å². The highest BCUT2D eigenvalue weighted by Crippen LogP contribution is 2.45. The van der Waals surface area contributed by atoms with E-state index >= 15 is 0 Å². The molecule has 2 aromatic carbocycles. The summed E-state index contributed by atoms with van der Waals surface area (Å²) in [4.78, 5) is 30.4. The lowest BCUT2D eigenvalue weighted by molar-refractivity contribution is 0.0373. The van der Waals surface area contributed by atoms with Crippen LogP contribution in [-0.2, 0) is 19.3 Å². The first-order valence-electron chi connectivity index (χ1n) is 13.8. The molecule has 0 spiro atoms. The smallest absolute Gasteiger partial charge is 0.252 e. The predicted molar refractivity (Wildman–Crippen MR) is 147 cm³/mol. The molecule has 3 heterocycles. The van der Waals surface area contributed by atoms with E-state index in [0.717, 1.165) is 52.1 Å². The number of hydrogen-bond donors (Lipinski definition) is 2. The lowest BCUT2D eigenvalue weighted by Crippen LogP contribution is -2.38. The average Bonchev–Trinajstić information content (AvgIpc) is 2.97. The molecule has 2 aromatic rings. The lowest BCUT2D eigenvalue weighted by atomic mass is 10.1. The summed E-state index contributed by atoms with van der Waals surface area (Å²) in [6, 6.07) is 9.15. The maximum absolute atomic E-state index is 13.9. The van der Waals surface area contributed by atoms with Gasteiger partial charge in [0.25, 0.3) is 11.8 Å². The van der Waals surface area contributed by atoms with Gasteiger partial charge in [0.15, 0.2) is 0 Å². The minimum Gasteiger partial charge on any atom is -0.455 e. The van der Waals surface area contributed by atoms with Crippen molar-refractivity contribution in [1.29, 1.82) is 0 Å². The molecule has 0 atom stereocenters. The normalized spacial score (nSPS) is 18.7. The average molecular weight is 573 g/mol. The molecule has 0 radical (unpaired) electrons. The number of carbonyl (C=O) groups is 2. The second-order valence-electron chi connectivity index (χ2n) is 10.00. The fourth-order valence-electron chi connectivity index (χ4n) is 5.17. The van der Waals surface area contributed by atoms with Gasteiger partial charge in [0.05, 0.1) is 37.6 Å². The number of benzene rings is 2. The van der Waals surface area contributed by atoms with E-state index in [1.54, 1.807) is 12.1 Å². The third-order valence-corrected chi connectivity index (χ3v) is 9.20. The molecule has 3 aliphatic rings. The molecule has 11 nitrogen and oxygen atoms in total. The van der Waals surface area contributed by atoms with Crippen molar-refractivity contribution in [2.24, 2.45) is 0 Å². The lowest BCUT2D eigenvalue weighted by Gasteiger charge is -2.26. The van der Waals surface area contributed by atoms with E-state index in [-0.39, 0.29) is 32.4 Å². The fourth-order valence-corrected chi connectivity index (χ4v) is 7.03. The van der Waals surface area contributed by atoms with Crippen molar-refractivity contribution in [1.82, 2.24) is 20.4 Å². The fraction of sp³-hybridized carbons (Fsp3) is 0.500. The summed E-state index contributed by atoms with van der Waals surface area (Å²) >= 11 is 0. The summed E-state index contributed by atoms with van der Waals surface area (Å²) in [5.74, 6) is -0.868. The Bertz CT molecular complexity index is 1230. The van der Waals surface area contributed by atoms with Gasteiger partial charge in [-0.15, -0.1) is 0 Å². The molecule has 0 bridgehead atoms. The van der Waals surface area contributed by atoms with Crippen LogP contribution in [0.5, 0.6) is 11.5 Å². The molecule has 0 aromatic heterocycles. The molecule has 2 saturated heterocycles. The maximum Gasteiger partial charge on any atom is 0.252 e. The van der Waals surface area contributed by atoms with E-state index < -0.39 is 21.7 Å². The van der Waals surface area contributed by atoms with Crippen LogP contribution in [0, 0.1) is 0 Å². The number of rotatable bonds is 10. The zero-order valence-electron chi connectivity index (χ0n) is 22.5. The summed E-state index contributed by atoms with van der Waals surface area (Å²) < 4.78 is 44.5. The molecule has 216 valence electrons. The van der Waals surface area contributed by atoms with Gasteiger partial charge in [-0.25, -0.2) is 8.42 Å². The first-order valence-corrected chi connectivity index (χ1v) is 15.3. The van der Waals surface area contributed by atoms with Crippen LogP contribution >= 0.6 is 0 Å². The first kappa shape index (κ1) is 28.5. The summed E-state index contributed by atoms with van der Waals surface area (Å²) in [5, 5.41) is 5.68. The number of ether oxygens (including phenoxy) is 3. The molecule has 2 fully saturated rings. The Hall–Kier alpha value is -3.03. The Kier molecular flexibility index (Phi) is 9.33. The molecule has 5 rings (SSSR count). The number of nitrogens with one attached hydrogen (secondary N) is 2. The molecule has 40 heavy (non-hydrogen) atoms.